The van der Waals surface area contributed by atoms with E-state index in [2.05, 4.69) is 10.6 Å². The molecule has 5 heteroatoms. The van der Waals surface area contributed by atoms with E-state index in [9.17, 15) is 9.59 Å². The van der Waals surface area contributed by atoms with Gasteiger partial charge in [-0.25, -0.2) is 0 Å². The van der Waals surface area contributed by atoms with Crippen molar-refractivity contribution in [2.45, 2.75) is 47.1 Å². The Balaban J connectivity index is 4.08. The minimum atomic E-state index is -0.543. The molecule has 0 saturated carbocycles. The topological polar surface area (TPSA) is 78.4 Å². The summed E-state index contributed by atoms with van der Waals surface area (Å²) in [5.41, 5.74) is -0.501. The number of rotatable bonds is 6. The molecule has 0 aromatic heterocycles. The number of aliphatic hydroxyl groups is 1. The molecule has 0 rings (SSSR count). The fraction of sp³-hybridized carbons (Fsp3) is 0.846. The molecule has 18 heavy (non-hydrogen) atoms. The van der Waals surface area contributed by atoms with Crippen LogP contribution in [0, 0.1) is 11.3 Å². The van der Waals surface area contributed by atoms with Gasteiger partial charge in [-0.15, -0.1) is 0 Å². The first-order valence-corrected chi connectivity index (χ1v) is 6.38. The molecule has 0 fully saturated rings. The summed E-state index contributed by atoms with van der Waals surface area (Å²) in [6.07, 6.45) is 0.656. The van der Waals surface area contributed by atoms with Crippen LogP contribution in [0.1, 0.15) is 41.0 Å². The Morgan fingerprint density at radius 3 is 2.22 bits per heavy atom. The summed E-state index contributed by atoms with van der Waals surface area (Å²) < 4.78 is 0. The van der Waals surface area contributed by atoms with Crippen LogP contribution in [0.2, 0.25) is 0 Å². The molecule has 2 unspecified atom stereocenters. The second-order valence-corrected chi connectivity index (χ2v) is 5.81. The number of aliphatic hydroxyl groups excluding tert-OH is 1. The molecule has 2 atom stereocenters. The maximum absolute atomic E-state index is 11.7. The van der Waals surface area contributed by atoms with E-state index >= 15 is 0 Å². The fourth-order valence-electron chi connectivity index (χ4n) is 1.23. The molecule has 2 amide bonds. The molecule has 3 N–H and O–H groups in total. The lowest BCUT2D eigenvalue weighted by molar-refractivity contribution is -0.133. The first kappa shape index (κ1) is 16.9. The molecule has 0 aliphatic carbocycles. The van der Waals surface area contributed by atoms with Crippen molar-refractivity contribution in [1.82, 2.24) is 10.6 Å². The van der Waals surface area contributed by atoms with Gasteiger partial charge in [-0.05, 0) is 19.3 Å². The minimum Gasteiger partial charge on any atom is -0.396 e. The summed E-state index contributed by atoms with van der Waals surface area (Å²) in [4.78, 5) is 23.4. The molecule has 0 aromatic rings. The van der Waals surface area contributed by atoms with Crippen molar-refractivity contribution in [1.29, 1.82) is 0 Å². The zero-order chi connectivity index (χ0) is 14.3. The Bertz CT molecular complexity index is 284. The largest absolute Gasteiger partial charge is 0.396 e. The van der Waals surface area contributed by atoms with Gasteiger partial charge in [-0.1, -0.05) is 27.7 Å². The van der Waals surface area contributed by atoms with Gasteiger partial charge in [0, 0.05) is 18.6 Å². The SMILES string of the molecule is CC(CCO)CNC(=O)C(C)NC(=O)C(C)(C)C. The van der Waals surface area contributed by atoms with E-state index < -0.39 is 11.5 Å². The third-order valence-corrected chi connectivity index (χ3v) is 2.67. The van der Waals surface area contributed by atoms with E-state index in [0.717, 1.165) is 0 Å². The zero-order valence-electron chi connectivity index (χ0n) is 12.0. The van der Waals surface area contributed by atoms with Gasteiger partial charge in [-0.3, -0.25) is 9.59 Å². The number of hydrogen-bond donors (Lipinski definition) is 3. The van der Waals surface area contributed by atoms with Crippen molar-refractivity contribution < 1.29 is 14.7 Å². The Morgan fingerprint density at radius 1 is 1.22 bits per heavy atom. The van der Waals surface area contributed by atoms with Crippen LogP contribution >= 0.6 is 0 Å². The maximum Gasteiger partial charge on any atom is 0.242 e. The van der Waals surface area contributed by atoms with Crippen LogP contribution < -0.4 is 10.6 Å². The van der Waals surface area contributed by atoms with Gasteiger partial charge in [0.25, 0.3) is 0 Å². The van der Waals surface area contributed by atoms with Crippen molar-refractivity contribution in [3.63, 3.8) is 0 Å². The van der Waals surface area contributed by atoms with Gasteiger partial charge >= 0.3 is 0 Å². The number of carbonyl (C=O) groups is 2. The average Bonchev–Trinajstić information content (AvgIpc) is 2.24. The number of carbonyl (C=O) groups excluding carboxylic acids is 2. The predicted molar refractivity (Wildman–Crippen MR) is 70.9 cm³/mol. The highest BCUT2D eigenvalue weighted by molar-refractivity contribution is 5.89. The molecule has 0 aliphatic rings. The third-order valence-electron chi connectivity index (χ3n) is 2.67. The van der Waals surface area contributed by atoms with E-state index in [1.54, 1.807) is 27.7 Å². The van der Waals surface area contributed by atoms with Crippen LogP contribution in [0.15, 0.2) is 0 Å². The summed E-state index contributed by atoms with van der Waals surface area (Å²) in [7, 11) is 0. The Kier molecular flexibility index (Phi) is 6.91. The van der Waals surface area contributed by atoms with Crippen molar-refractivity contribution in [2.75, 3.05) is 13.2 Å². The number of hydrogen-bond acceptors (Lipinski definition) is 3. The standard InChI is InChI=1S/C13H26N2O3/c1-9(6-7-16)8-14-11(17)10(2)15-12(18)13(3,4)5/h9-10,16H,6-8H2,1-5H3,(H,14,17)(H,15,18). The minimum absolute atomic E-state index is 0.118. The maximum atomic E-state index is 11.7. The summed E-state index contributed by atoms with van der Waals surface area (Å²) in [5, 5.41) is 14.2. The molecular formula is C13H26N2O3. The van der Waals surface area contributed by atoms with Crippen LogP contribution in [0.25, 0.3) is 0 Å². The predicted octanol–water partition coefficient (Wildman–Crippen LogP) is 0.672. The molecular weight excluding hydrogens is 232 g/mol. The monoisotopic (exact) mass is 258 g/mol. The summed E-state index contributed by atoms with van der Waals surface area (Å²) >= 11 is 0. The summed E-state index contributed by atoms with van der Waals surface area (Å²) in [5.74, 6) is -0.115. The van der Waals surface area contributed by atoms with Gasteiger partial charge < -0.3 is 15.7 Å². The van der Waals surface area contributed by atoms with E-state index in [1.165, 1.54) is 0 Å². The van der Waals surface area contributed by atoms with Crippen molar-refractivity contribution in [3.05, 3.63) is 0 Å². The highest BCUT2D eigenvalue weighted by Gasteiger charge is 2.24. The molecule has 0 radical (unpaired) electrons. The Morgan fingerprint density at radius 2 is 1.78 bits per heavy atom. The van der Waals surface area contributed by atoms with Gasteiger partial charge in [0.2, 0.25) is 11.8 Å². The van der Waals surface area contributed by atoms with Crippen molar-refractivity contribution in [3.8, 4) is 0 Å². The molecule has 0 spiro atoms. The lowest BCUT2D eigenvalue weighted by Gasteiger charge is -2.22. The number of nitrogens with one attached hydrogen (secondary N) is 2. The second kappa shape index (κ2) is 7.36. The van der Waals surface area contributed by atoms with E-state index in [0.29, 0.717) is 13.0 Å². The summed E-state index contributed by atoms with van der Waals surface area (Å²) in [6.45, 7) is 9.65. The van der Waals surface area contributed by atoms with Gasteiger partial charge in [0.1, 0.15) is 6.04 Å². The molecule has 0 aliphatic heterocycles. The Hall–Kier alpha value is -1.10. The quantitative estimate of drug-likeness (QED) is 0.655. The van der Waals surface area contributed by atoms with Gasteiger partial charge in [0.15, 0.2) is 0 Å². The Labute approximate surface area is 109 Å². The normalized spacial score (nSPS) is 14.8. The summed E-state index contributed by atoms with van der Waals surface area (Å²) in [6, 6.07) is -0.543. The molecule has 0 saturated heterocycles. The van der Waals surface area contributed by atoms with Crippen LogP contribution in [-0.2, 0) is 9.59 Å². The van der Waals surface area contributed by atoms with E-state index in [4.69, 9.17) is 5.11 Å². The van der Waals surface area contributed by atoms with Crippen LogP contribution in [0.3, 0.4) is 0 Å². The van der Waals surface area contributed by atoms with E-state index in [-0.39, 0.29) is 24.3 Å². The smallest absolute Gasteiger partial charge is 0.242 e. The molecule has 0 heterocycles. The molecule has 0 bridgehead atoms. The highest BCUT2D eigenvalue weighted by atomic mass is 16.3. The third kappa shape index (κ3) is 6.59. The van der Waals surface area contributed by atoms with Crippen LogP contribution in [0.4, 0.5) is 0 Å². The van der Waals surface area contributed by atoms with Crippen LogP contribution in [0.5, 0.6) is 0 Å². The van der Waals surface area contributed by atoms with Crippen molar-refractivity contribution in [2.24, 2.45) is 11.3 Å². The molecule has 5 nitrogen and oxygen atoms in total. The van der Waals surface area contributed by atoms with Crippen LogP contribution in [-0.4, -0.2) is 36.1 Å². The lowest BCUT2D eigenvalue weighted by atomic mass is 9.95. The fourth-order valence-corrected chi connectivity index (χ4v) is 1.23. The van der Waals surface area contributed by atoms with Crippen molar-refractivity contribution >= 4 is 11.8 Å². The van der Waals surface area contributed by atoms with E-state index in [1.807, 2.05) is 6.92 Å². The average molecular weight is 258 g/mol. The zero-order valence-corrected chi connectivity index (χ0v) is 12.0. The lowest BCUT2D eigenvalue weighted by Crippen LogP contribution is -2.48. The highest BCUT2D eigenvalue weighted by Crippen LogP contribution is 2.12. The molecule has 0 aromatic carbocycles. The second-order valence-electron chi connectivity index (χ2n) is 5.81. The first-order valence-electron chi connectivity index (χ1n) is 6.38. The first-order chi connectivity index (χ1) is 8.18. The molecule has 106 valence electrons. The number of amides is 2. The van der Waals surface area contributed by atoms with Gasteiger partial charge in [0.05, 0.1) is 0 Å². The van der Waals surface area contributed by atoms with Gasteiger partial charge in [-0.2, -0.15) is 0 Å².